The second kappa shape index (κ2) is 6.09. The number of likely N-dealkylation sites (tertiary alicyclic amines) is 2. The highest BCUT2D eigenvalue weighted by molar-refractivity contribution is 5.67. The van der Waals surface area contributed by atoms with Crippen molar-refractivity contribution in [3.8, 4) is 0 Å². The molecule has 16 heavy (non-hydrogen) atoms. The molecule has 2 aliphatic heterocycles. The van der Waals surface area contributed by atoms with Crippen LogP contribution in [0.1, 0.15) is 38.5 Å². The predicted octanol–water partition coefficient (Wildman–Crippen LogP) is 2.05. The van der Waals surface area contributed by atoms with Crippen molar-refractivity contribution in [3.63, 3.8) is 0 Å². The Balaban J connectivity index is 1.65. The van der Waals surface area contributed by atoms with Gasteiger partial charge in [-0.1, -0.05) is 6.42 Å². The van der Waals surface area contributed by atoms with Crippen molar-refractivity contribution in [2.24, 2.45) is 0 Å². The third kappa shape index (κ3) is 3.37. The Bertz CT molecular complexity index is 221. The molecule has 0 aromatic heterocycles. The molecule has 2 saturated heterocycles. The van der Waals surface area contributed by atoms with E-state index in [0.29, 0.717) is 6.73 Å². The molecule has 0 atom stereocenters. The molecule has 4 nitrogen and oxygen atoms in total. The van der Waals surface area contributed by atoms with Crippen LogP contribution < -0.4 is 0 Å². The fourth-order valence-corrected chi connectivity index (χ4v) is 2.40. The summed E-state index contributed by atoms with van der Waals surface area (Å²) in [4.78, 5) is 15.8. The molecule has 0 unspecified atom stereocenters. The van der Waals surface area contributed by atoms with Crippen LogP contribution in [0.3, 0.4) is 0 Å². The number of carbonyl (C=O) groups excluding carboxylic acids is 1. The van der Waals surface area contributed by atoms with E-state index in [-0.39, 0.29) is 6.09 Å². The smallest absolute Gasteiger partial charge is 0.411 e. The lowest BCUT2D eigenvalue weighted by Crippen LogP contribution is -2.39. The minimum Gasteiger partial charge on any atom is -0.433 e. The van der Waals surface area contributed by atoms with Crippen molar-refractivity contribution in [3.05, 3.63) is 0 Å². The molecule has 0 spiro atoms. The summed E-state index contributed by atoms with van der Waals surface area (Å²) in [7, 11) is 0. The summed E-state index contributed by atoms with van der Waals surface area (Å²) in [6.07, 6.45) is 7.16. The van der Waals surface area contributed by atoms with Crippen molar-refractivity contribution >= 4 is 6.09 Å². The highest BCUT2D eigenvalue weighted by Crippen LogP contribution is 2.11. The molecule has 0 radical (unpaired) electrons. The molecule has 2 heterocycles. The van der Waals surface area contributed by atoms with Gasteiger partial charge in [0, 0.05) is 26.2 Å². The third-order valence-corrected chi connectivity index (χ3v) is 3.43. The van der Waals surface area contributed by atoms with Gasteiger partial charge < -0.3 is 9.64 Å². The number of amides is 1. The zero-order valence-electron chi connectivity index (χ0n) is 9.99. The van der Waals surface area contributed by atoms with Crippen molar-refractivity contribution in [1.82, 2.24) is 9.80 Å². The van der Waals surface area contributed by atoms with Gasteiger partial charge in [-0.15, -0.1) is 0 Å². The molecule has 0 aromatic rings. The van der Waals surface area contributed by atoms with Gasteiger partial charge in [0.25, 0.3) is 0 Å². The number of hydrogen-bond acceptors (Lipinski definition) is 3. The molecule has 0 aromatic carbocycles. The molecule has 2 rings (SSSR count). The van der Waals surface area contributed by atoms with Crippen LogP contribution in [0.25, 0.3) is 0 Å². The van der Waals surface area contributed by atoms with Crippen molar-refractivity contribution in [2.75, 3.05) is 32.9 Å². The van der Waals surface area contributed by atoms with E-state index in [9.17, 15) is 4.79 Å². The molecule has 0 aliphatic carbocycles. The predicted molar refractivity (Wildman–Crippen MR) is 62.2 cm³/mol. The van der Waals surface area contributed by atoms with E-state index >= 15 is 0 Å². The Hall–Kier alpha value is -0.770. The first kappa shape index (κ1) is 11.7. The van der Waals surface area contributed by atoms with Crippen LogP contribution in [0.15, 0.2) is 0 Å². The van der Waals surface area contributed by atoms with Gasteiger partial charge in [-0.2, -0.15) is 0 Å². The van der Waals surface area contributed by atoms with Crippen LogP contribution in [-0.4, -0.2) is 48.8 Å². The maximum Gasteiger partial charge on any atom is 0.411 e. The summed E-state index contributed by atoms with van der Waals surface area (Å²) in [5.74, 6) is 0. The Kier molecular flexibility index (Phi) is 4.45. The Labute approximate surface area is 97.5 Å². The van der Waals surface area contributed by atoms with Crippen molar-refractivity contribution in [2.45, 2.75) is 38.5 Å². The van der Waals surface area contributed by atoms with Gasteiger partial charge in [0.1, 0.15) is 6.73 Å². The lowest BCUT2D eigenvalue weighted by Gasteiger charge is -2.29. The van der Waals surface area contributed by atoms with E-state index < -0.39 is 0 Å². The summed E-state index contributed by atoms with van der Waals surface area (Å²) in [6.45, 7) is 4.38. The molecule has 0 bridgehead atoms. The quantitative estimate of drug-likeness (QED) is 0.722. The Morgan fingerprint density at radius 1 is 0.875 bits per heavy atom. The van der Waals surface area contributed by atoms with Gasteiger partial charge in [0.2, 0.25) is 0 Å². The zero-order valence-corrected chi connectivity index (χ0v) is 9.99. The highest BCUT2D eigenvalue weighted by atomic mass is 16.6. The second-order valence-corrected chi connectivity index (χ2v) is 4.77. The zero-order chi connectivity index (χ0) is 11.2. The molecular formula is C12H22N2O2. The molecule has 0 saturated carbocycles. The average molecular weight is 226 g/mol. The van der Waals surface area contributed by atoms with E-state index in [1.165, 1.54) is 25.7 Å². The van der Waals surface area contributed by atoms with Gasteiger partial charge in [-0.25, -0.2) is 4.79 Å². The van der Waals surface area contributed by atoms with E-state index in [0.717, 1.165) is 39.0 Å². The molecule has 0 N–H and O–H groups in total. The van der Waals surface area contributed by atoms with Gasteiger partial charge in [0.05, 0.1) is 0 Å². The lowest BCUT2D eigenvalue weighted by molar-refractivity contribution is 0.0329. The molecular weight excluding hydrogens is 204 g/mol. The molecule has 92 valence electrons. The average Bonchev–Trinajstić information content (AvgIpc) is 2.38. The van der Waals surface area contributed by atoms with Crippen molar-refractivity contribution < 1.29 is 9.53 Å². The number of carbonyl (C=O) groups is 1. The maximum atomic E-state index is 11.7. The summed E-state index contributed by atoms with van der Waals surface area (Å²) < 4.78 is 5.33. The van der Waals surface area contributed by atoms with Crippen LogP contribution >= 0.6 is 0 Å². The van der Waals surface area contributed by atoms with Crippen molar-refractivity contribution in [1.29, 1.82) is 0 Å². The fraction of sp³-hybridized carbons (Fsp3) is 0.917. The molecule has 2 aliphatic rings. The monoisotopic (exact) mass is 226 g/mol. The summed E-state index contributed by atoms with van der Waals surface area (Å²) in [5.41, 5.74) is 0. The lowest BCUT2D eigenvalue weighted by atomic mass is 10.1. The largest absolute Gasteiger partial charge is 0.433 e. The number of piperidine rings is 2. The summed E-state index contributed by atoms with van der Waals surface area (Å²) >= 11 is 0. The Morgan fingerprint density at radius 2 is 1.44 bits per heavy atom. The maximum absolute atomic E-state index is 11.7. The van der Waals surface area contributed by atoms with E-state index in [2.05, 4.69) is 4.90 Å². The topological polar surface area (TPSA) is 32.8 Å². The van der Waals surface area contributed by atoms with Gasteiger partial charge in [0.15, 0.2) is 0 Å². The first-order valence-corrected chi connectivity index (χ1v) is 6.50. The van der Waals surface area contributed by atoms with Crippen LogP contribution in [0.5, 0.6) is 0 Å². The fourth-order valence-electron chi connectivity index (χ4n) is 2.40. The number of hydrogen-bond donors (Lipinski definition) is 0. The molecule has 4 heteroatoms. The number of rotatable bonds is 2. The SMILES string of the molecule is O=C(OCN1CCCCC1)N1CCCCC1. The first-order valence-electron chi connectivity index (χ1n) is 6.50. The van der Waals surface area contributed by atoms with Crippen LogP contribution in [-0.2, 0) is 4.74 Å². The van der Waals surface area contributed by atoms with E-state index in [1.807, 2.05) is 4.90 Å². The number of ether oxygens (including phenoxy) is 1. The normalized spacial score (nSPS) is 23.1. The summed E-state index contributed by atoms with van der Waals surface area (Å²) in [6, 6.07) is 0. The van der Waals surface area contributed by atoms with Crippen LogP contribution in [0.2, 0.25) is 0 Å². The van der Waals surface area contributed by atoms with E-state index in [1.54, 1.807) is 0 Å². The van der Waals surface area contributed by atoms with E-state index in [4.69, 9.17) is 4.74 Å². The van der Waals surface area contributed by atoms with Gasteiger partial charge >= 0.3 is 6.09 Å². The van der Waals surface area contributed by atoms with Gasteiger partial charge in [-0.3, -0.25) is 4.90 Å². The third-order valence-electron chi connectivity index (χ3n) is 3.43. The first-order chi connectivity index (χ1) is 7.86. The summed E-state index contributed by atoms with van der Waals surface area (Å²) in [5, 5.41) is 0. The number of nitrogens with zero attached hydrogens (tertiary/aromatic N) is 2. The minimum atomic E-state index is -0.120. The minimum absolute atomic E-state index is 0.120. The van der Waals surface area contributed by atoms with Crippen LogP contribution in [0.4, 0.5) is 4.79 Å². The standard InChI is InChI=1S/C12H22N2O2/c15-12(14-9-5-2-6-10-14)16-11-13-7-3-1-4-8-13/h1-11H2. The second-order valence-electron chi connectivity index (χ2n) is 4.77. The Morgan fingerprint density at radius 3 is 2.06 bits per heavy atom. The molecule has 2 fully saturated rings. The molecule has 1 amide bonds. The van der Waals surface area contributed by atoms with Gasteiger partial charge in [-0.05, 0) is 32.1 Å². The highest BCUT2D eigenvalue weighted by Gasteiger charge is 2.19. The van der Waals surface area contributed by atoms with Crippen LogP contribution in [0, 0.1) is 0 Å².